The van der Waals surface area contributed by atoms with Gasteiger partial charge in [-0.25, -0.2) is 0 Å². The Bertz CT molecular complexity index is 440. The fourth-order valence-corrected chi connectivity index (χ4v) is 1.90. The van der Waals surface area contributed by atoms with Gasteiger partial charge in [0, 0.05) is 12.1 Å². The van der Waals surface area contributed by atoms with E-state index >= 15 is 0 Å². The molecule has 5 heteroatoms. The number of nitrogens with zero attached hydrogens (tertiary/aromatic N) is 2. The van der Waals surface area contributed by atoms with E-state index in [1.165, 1.54) is 6.26 Å². The Balaban J connectivity index is 2.96. The highest BCUT2D eigenvalue weighted by Crippen LogP contribution is 2.23. The zero-order valence-electron chi connectivity index (χ0n) is 10.2. The van der Waals surface area contributed by atoms with Gasteiger partial charge in [-0.1, -0.05) is 0 Å². The molecule has 4 nitrogen and oxygen atoms in total. The summed E-state index contributed by atoms with van der Waals surface area (Å²) in [5.74, 6) is -0.131. The quantitative estimate of drug-likeness (QED) is 0.861. The minimum absolute atomic E-state index is 0.131. The number of furan rings is 1. The second-order valence-corrected chi connectivity index (χ2v) is 5.36. The molecule has 0 aliphatic rings. The van der Waals surface area contributed by atoms with Crippen LogP contribution in [-0.2, 0) is 0 Å². The van der Waals surface area contributed by atoms with Gasteiger partial charge in [-0.15, -0.1) is 0 Å². The summed E-state index contributed by atoms with van der Waals surface area (Å²) in [5.41, 5.74) is 0.155. The first kappa shape index (κ1) is 13.8. The molecule has 0 aliphatic heterocycles. The van der Waals surface area contributed by atoms with Crippen molar-refractivity contribution in [2.24, 2.45) is 0 Å². The number of hydrogen-bond acceptors (Lipinski definition) is 3. The van der Waals surface area contributed by atoms with Crippen molar-refractivity contribution < 1.29 is 9.21 Å². The van der Waals surface area contributed by atoms with Crippen molar-refractivity contribution in [1.82, 2.24) is 4.90 Å². The highest BCUT2D eigenvalue weighted by atomic mass is 79.9. The van der Waals surface area contributed by atoms with E-state index in [1.54, 1.807) is 11.0 Å². The molecule has 1 heterocycles. The summed E-state index contributed by atoms with van der Waals surface area (Å²) < 4.78 is 5.48. The van der Waals surface area contributed by atoms with Gasteiger partial charge in [0.25, 0.3) is 5.91 Å². The van der Waals surface area contributed by atoms with E-state index in [0.717, 1.165) is 0 Å². The highest BCUT2D eigenvalue weighted by Gasteiger charge is 2.28. The monoisotopic (exact) mass is 298 g/mol. The van der Waals surface area contributed by atoms with E-state index in [1.807, 2.05) is 20.8 Å². The van der Waals surface area contributed by atoms with E-state index in [0.29, 0.717) is 23.2 Å². The molecule has 0 atom stereocenters. The zero-order chi connectivity index (χ0) is 13.1. The molecule has 0 unspecified atom stereocenters. The van der Waals surface area contributed by atoms with Crippen molar-refractivity contribution in [3.05, 3.63) is 22.6 Å². The lowest BCUT2D eigenvalue weighted by Gasteiger charge is -2.35. The van der Waals surface area contributed by atoms with E-state index < -0.39 is 0 Å². The average molecular weight is 299 g/mol. The summed E-state index contributed by atoms with van der Waals surface area (Å²) in [6.07, 6.45) is 1.78. The first-order chi connectivity index (χ1) is 7.88. The lowest BCUT2D eigenvalue weighted by atomic mass is 10.0. The van der Waals surface area contributed by atoms with Crippen molar-refractivity contribution in [2.45, 2.75) is 32.7 Å². The number of carbonyl (C=O) groups is 1. The maximum Gasteiger partial charge on any atom is 0.258 e. The number of halogens is 1. The number of nitriles is 1. The maximum atomic E-state index is 12.3. The summed E-state index contributed by atoms with van der Waals surface area (Å²) in [7, 11) is 0. The molecular weight excluding hydrogens is 284 g/mol. The summed E-state index contributed by atoms with van der Waals surface area (Å²) in [4.78, 5) is 14.0. The van der Waals surface area contributed by atoms with Crippen LogP contribution in [0.5, 0.6) is 0 Å². The molecule has 1 amide bonds. The smallest absolute Gasteiger partial charge is 0.258 e. The van der Waals surface area contributed by atoms with Gasteiger partial charge in [-0.2, -0.15) is 5.26 Å². The van der Waals surface area contributed by atoms with Gasteiger partial charge in [-0.3, -0.25) is 4.79 Å². The van der Waals surface area contributed by atoms with Gasteiger partial charge in [-0.05, 0) is 42.8 Å². The summed E-state index contributed by atoms with van der Waals surface area (Å²) in [6.45, 7) is 6.24. The molecule has 0 saturated carbocycles. The van der Waals surface area contributed by atoms with Crippen LogP contribution >= 0.6 is 15.9 Å². The molecule has 0 radical (unpaired) electrons. The van der Waals surface area contributed by atoms with Gasteiger partial charge in [0.1, 0.15) is 0 Å². The first-order valence-electron chi connectivity index (χ1n) is 5.30. The third-order valence-electron chi connectivity index (χ3n) is 2.35. The van der Waals surface area contributed by atoms with Crippen molar-refractivity contribution in [3.63, 3.8) is 0 Å². The fourth-order valence-electron chi connectivity index (χ4n) is 1.49. The fraction of sp³-hybridized carbons (Fsp3) is 0.500. The van der Waals surface area contributed by atoms with Crippen LogP contribution in [0, 0.1) is 11.3 Å². The number of hydrogen-bond donors (Lipinski definition) is 0. The number of amides is 1. The Labute approximate surface area is 109 Å². The van der Waals surface area contributed by atoms with Crippen LogP contribution in [0.4, 0.5) is 0 Å². The normalized spacial score (nSPS) is 11.0. The molecule has 0 N–H and O–H groups in total. The predicted molar refractivity (Wildman–Crippen MR) is 67.4 cm³/mol. The third kappa shape index (κ3) is 3.34. The second-order valence-electron chi connectivity index (χ2n) is 4.64. The molecule has 0 aromatic carbocycles. The minimum Gasteiger partial charge on any atom is -0.457 e. The minimum atomic E-state index is -0.329. The average Bonchev–Trinajstić information content (AvgIpc) is 2.62. The molecule has 1 aromatic rings. The summed E-state index contributed by atoms with van der Waals surface area (Å²) >= 11 is 3.19. The third-order valence-corrected chi connectivity index (χ3v) is 2.96. The van der Waals surface area contributed by atoms with Crippen molar-refractivity contribution in [2.75, 3.05) is 6.54 Å². The molecule has 0 aliphatic carbocycles. The topological polar surface area (TPSA) is 57.2 Å². The summed E-state index contributed by atoms with van der Waals surface area (Å²) in [6, 6.07) is 3.68. The SMILES string of the molecule is CC(C)(C)N(CCC#N)C(=O)c1ccoc1Br. The van der Waals surface area contributed by atoms with Crippen LogP contribution in [0.1, 0.15) is 37.6 Å². The Kier molecular flexibility index (Phi) is 4.35. The molecule has 92 valence electrons. The largest absolute Gasteiger partial charge is 0.457 e. The number of rotatable bonds is 3. The predicted octanol–water partition coefficient (Wildman–Crippen LogP) is 3.20. The van der Waals surface area contributed by atoms with Crippen LogP contribution < -0.4 is 0 Å². The van der Waals surface area contributed by atoms with Gasteiger partial charge in [0.05, 0.1) is 24.3 Å². The first-order valence-corrected chi connectivity index (χ1v) is 6.09. The lowest BCUT2D eigenvalue weighted by molar-refractivity contribution is 0.0587. The number of carbonyl (C=O) groups excluding carboxylic acids is 1. The molecule has 0 bridgehead atoms. The van der Waals surface area contributed by atoms with Crippen molar-refractivity contribution >= 4 is 21.8 Å². The highest BCUT2D eigenvalue weighted by molar-refractivity contribution is 9.10. The zero-order valence-corrected chi connectivity index (χ0v) is 11.7. The van der Waals surface area contributed by atoms with Gasteiger partial charge in [0.2, 0.25) is 0 Å². The van der Waals surface area contributed by atoms with Crippen LogP contribution in [0.25, 0.3) is 0 Å². The Hall–Kier alpha value is -1.28. The Morgan fingerprint density at radius 2 is 2.24 bits per heavy atom. The molecule has 17 heavy (non-hydrogen) atoms. The molecule has 0 saturated heterocycles. The van der Waals surface area contributed by atoms with Crippen molar-refractivity contribution in [3.8, 4) is 6.07 Å². The molecule has 1 rings (SSSR count). The van der Waals surface area contributed by atoms with Crippen LogP contribution in [0.3, 0.4) is 0 Å². The maximum absolute atomic E-state index is 12.3. The Morgan fingerprint density at radius 1 is 1.59 bits per heavy atom. The standard InChI is InChI=1S/C12H15BrN2O2/c1-12(2,3)15(7-4-6-14)11(16)9-5-8-17-10(9)13/h5,8H,4,7H2,1-3H3. The molecule has 0 spiro atoms. The van der Waals surface area contributed by atoms with Crippen LogP contribution in [0.15, 0.2) is 21.4 Å². The Morgan fingerprint density at radius 3 is 2.65 bits per heavy atom. The second kappa shape index (κ2) is 5.37. The van der Waals surface area contributed by atoms with E-state index in [4.69, 9.17) is 9.68 Å². The van der Waals surface area contributed by atoms with E-state index in [-0.39, 0.29) is 11.4 Å². The molecule has 0 fully saturated rings. The van der Waals surface area contributed by atoms with Gasteiger partial charge >= 0.3 is 0 Å². The molecule has 1 aromatic heterocycles. The van der Waals surface area contributed by atoms with E-state index in [9.17, 15) is 4.79 Å². The van der Waals surface area contributed by atoms with Crippen molar-refractivity contribution in [1.29, 1.82) is 5.26 Å². The van der Waals surface area contributed by atoms with E-state index in [2.05, 4.69) is 22.0 Å². The lowest BCUT2D eigenvalue weighted by Crippen LogP contribution is -2.46. The van der Waals surface area contributed by atoms with Gasteiger partial charge in [0.15, 0.2) is 4.67 Å². The van der Waals surface area contributed by atoms with Crippen LogP contribution in [-0.4, -0.2) is 22.9 Å². The summed E-state index contributed by atoms with van der Waals surface area (Å²) in [5, 5.41) is 8.63. The van der Waals surface area contributed by atoms with Gasteiger partial charge < -0.3 is 9.32 Å². The molecular formula is C12H15BrN2O2. The van der Waals surface area contributed by atoms with Crippen LogP contribution in [0.2, 0.25) is 0 Å².